The smallest absolute Gasteiger partial charge is 0.251 e. The zero-order valence-corrected chi connectivity index (χ0v) is 11.1. The van der Waals surface area contributed by atoms with E-state index in [9.17, 15) is 4.79 Å². The van der Waals surface area contributed by atoms with Crippen LogP contribution < -0.4 is 5.73 Å². The highest BCUT2D eigenvalue weighted by molar-refractivity contribution is 6.68. The Morgan fingerprint density at radius 3 is 2.65 bits per heavy atom. The second-order valence-corrected chi connectivity index (χ2v) is 4.92. The van der Waals surface area contributed by atoms with Gasteiger partial charge in [-0.15, -0.1) is 0 Å². The van der Waals surface area contributed by atoms with Gasteiger partial charge in [0.2, 0.25) is 0 Å². The SMILES string of the molecule is C=C/C=C1\C(=C)CC(C)(CC)C(C(=O)Cl)=C1N. The summed E-state index contributed by atoms with van der Waals surface area (Å²) in [6.45, 7) is 11.7. The fourth-order valence-electron chi connectivity index (χ4n) is 2.28. The van der Waals surface area contributed by atoms with Crippen LogP contribution in [0.5, 0.6) is 0 Å². The van der Waals surface area contributed by atoms with Crippen LogP contribution in [0.1, 0.15) is 26.7 Å². The van der Waals surface area contributed by atoms with E-state index >= 15 is 0 Å². The standard InChI is InChI=1S/C14H18ClNO/c1-5-7-10-9(3)8-14(4,6-2)11(12(10)16)13(15)17/h5,7H,1,3,6,8,16H2,2,4H3/b10-7+. The highest BCUT2D eigenvalue weighted by Gasteiger charge is 2.38. The van der Waals surface area contributed by atoms with E-state index in [0.29, 0.717) is 17.7 Å². The maximum atomic E-state index is 11.6. The number of nitrogens with two attached hydrogens (primary N) is 1. The Hall–Kier alpha value is -1.28. The first-order valence-electron chi connectivity index (χ1n) is 5.58. The van der Waals surface area contributed by atoms with E-state index in [2.05, 4.69) is 13.2 Å². The van der Waals surface area contributed by atoms with E-state index in [-0.39, 0.29) is 5.41 Å². The Morgan fingerprint density at radius 1 is 1.65 bits per heavy atom. The van der Waals surface area contributed by atoms with Crippen LogP contribution in [0.4, 0.5) is 0 Å². The minimum atomic E-state index is -0.477. The molecule has 0 heterocycles. The van der Waals surface area contributed by atoms with Crippen LogP contribution in [0.3, 0.4) is 0 Å². The third-order valence-electron chi connectivity index (χ3n) is 3.41. The minimum Gasteiger partial charge on any atom is -0.398 e. The largest absolute Gasteiger partial charge is 0.398 e. The minimum absolute atomic E-state index is 0.321. The van der Waals surface area contributed by atoms with Gasteiger partial charge < -0.3 is 5.73 Å². The lowest BCUT2D eigenvalue weighted by Gasteiger charge is -2.37. The van der Waals surface area contributed by atoms with Crippen molar-refractivity contribution < 1.29 is 4.79 Å². The van der Waals surface area contributed by atoms with Gasteiger partial charge in [-0.2, -0.15) is 0 Å². The molecule has 0 aromatic heterocycles. The molecule has 1 aliphatic rings. The van der Waals surface area contributed by atoms with Crippen LogP contribution in [0.25, 0.3) is 0 Å². The molecule has 0 radical (unpaired) electrons. The van der Waals surface area contributed by atoms with Crippen molar-refractivity contribution in [3.05, 3.63) is 47.7 Å². The van der Waals surface area contributed by atoms with Gasteiger partial charge in [0.1, 0.15) is 0 Å². The van der Waals surface area contributed by atoms with E-state index < -0.39 is 5.24 Å². The summed E-state index contributed by atoms with van der Waals surface area (Å²) in [6.07, 6.45) is 4.89. The van der Waals surface area contributed by atoms with Crippen LogP contribution >= 0.6 is 11.6 Å². The summed E-state index contributed by atoms with van der Waals surface area (Å²) in [5.41, 5.74) is 8.36. The first-order chi connectivity index (χ1) is 7.87. The topological polar surface area (TPSA) is 43.1 Å². The lowest BCUT2D eigenvalue weighted by atomic mass is 9.68. The van der Waals surface area contributed by atoms with E-state index in [1.54, 1.807) is 12.2 Å². The lowest BCUT2D eigenvalue weighted by molar-refractivity contribution is -0.109. The van der Waals surface area contributed by atoms with Gasteiger partial charge in [-0.1, -0.05) is 39.2 Å². The molecule has 0 aromatic carbocycles. The Morgan fingerprint density at radius 2 is 2.24 bits per heavy atom. The predicted octanol–water partition coefficient (Wildman–Crippen LogP) is 3.45. The molecule has 1 aliphatic carbocycles. The van der Waals surface area contributed by atoms with Crippen molar-refractivity contribution >= 4 is 16.8 Å². The normalized spacial score (nSPS) is 27.5. The Labute approximate surface area is 108 Å². The molecule has 92 valence electrons. The van der Waals surface area contributed by atoms with Gasteiger partial charge in [-0.3, -0.25) is 4.79 Å². The second kappa shape index (κ2) is 4.92. The van der Waals surface area contributed by atoms with Crippen molar-refractivity contribution in [1.82, 2.24) is 0 Å². The van der Waals surface area contributed by atoms with E-state index in [4.69, 9.17) is 17.3 Å². The summed E-state index contributed by atoms with van der Waals surface area (Å²) < 4.78 is 0. The van der Waals surface area contributed by atoms with Crippen LogP contribution in [-0.2, 0) is 4.79 Å². The van der Waals surface area contributed by atoms with E-state index in [0.717, 1.165) is 17.6 Å². The highest BCUT2D eigenvalue weighted by Crippen LogP contribution is 2.46. The van der Waals surface area contributed by atoms with Gasteiger partial charge in [0.25, 0.3) is 5.24 Å². The van der Waals surface area contributed by atoms with Crippen molar-refractivity contribution in [3.63, 3.8) is 0 Å². The van der Waals surface area contributed by atoms with E-state index in [1.165, 1.54) is 0 Å². The van der Waals surface area contributed by atoms with Crippen molar-refractivity contribution in [1.29, 1.82) is 0 Å². The van der Waals surface area contributed by atoms with Crippen LogP contribution in [0, 0.1) is 5.41 Å². The van der Waals surface area contributed by atoms with Crippen molar-refractivity contribution in [3.8, 4) is 0 Å². The van der Waals surface area contributed by atoms with Crippen molar-refractivity contribution in [2.24, 2.45) is 11.1 Å². The lowest BCUT2D eigenvalue weighted by Crippen LogP contribution is -2.31. The second-order valence-electron chi connectivity index (χ2n) is 4.57. The zero-order chi connectivity index (χ0) is 13.2. The molecule has 2 N–H and O–H groups in total. The monoisotopic (exact) mass is 251 g/mol. The molecule has 17 heavy (non-hydrogen) atoms. The fraction of sp³-hybridized carbons (Fsp3) is 0.357. The molecule has 0 aromatic rings. The summed E-state index contributed by atoms with van der Waals surface area (Å²) in [5, 5.41) is -0.477. The summed E-state index contributed by atoms with van der Waals surface area (Å²) >= 11 is 5.67. The molecular weight excluding hydrogens is 234 g/mol. The molecule has 0 bridgehead atoms. The molecule has 3 heteroatoms. The van der Waals surface area contributed by atoms with Gasteiger partial charge in [-0.05, 0) is 30.0 Å². The third kappa shape index (κ3) is 2.37. The Bertz CT molecular complexity index is 445. The molecule has 0 spiro atoms. The van der Waals surface area contributed by atoms with Gasteiger partial charge in [0.05, 0.1) is 0 Å². The summed E-state index contributed by atoms with van der Waals surface area (Å²) in [4.78, 5) is 11.6. The molecule has 0 aliphatic heterocycles. The number of allylic oxidation sites excluding steroid dienone is 4. The maximum Gasteiger partial charge on any atom is 0.251 e. The van der Waals surface area contributed by atoms with Crippen LogP contribution in [-0.4, -0.2) is 5.24 Å². The molecule has 1 rings (SSSR count). The first-order valence-corrected chi connectivity index (χ1v) is 5.96. The number of hydrogen-bond donors (Lipinski definition) is 1. The molecule has 0 amide bonds. The van der Waals surface area contributed by atoms with Gasteiger partial charge in [0.15, 0.2) is 0 Å². The third-order valence-corrected chi connectivity index (χ3v) is 3.60. The average molecular weight is 252 g/mol. The van der Waals surface area contributed by atoms with Crippen LogP contribution in [0.15, 0.2) is 47.7 Å². The Balaban J connectivity index is 3.50. The quantitative estimate of drug-likeness (QED) is 0.781. The summed E-state index contributed by atoms with van der Waals surface area (Å²) in [5.74, 6) is 0. The maximum absolute atomic E-state index is 11.6. The van der Waals surface area contributed by atoms with Gasteiger partial charge >= 0.3 is 0 Å². The number of hydrogen-bond acceptors (Lipinski definition) is 2. The zero-order valence-electron chi connectivity index (χ0n) is 10.3. The molecular formula is C14H18ClNO. The van der Waals surface area contributed by atoms with Crippen molar-refractivity contribution in [2.45, 2.75) is 26.7 Å². The van der Waals surface area contributed by atoms with Crippen molar-refractivity contribution in [2.75, 3.05) is 0 Å². The van der Waals surface area contributed by atoms with Crippen LogP contribution in [0.2, 0.25) is 0 Å². The predicted molar refractivity (Wildman–Crippen MR) is 72.5 cm³/mol. The molecule has 0 fully saturated rings. The fourth-order valence-corrected chi connectivity index (χ4v) is 2.61. The Kier molecular flexibility index (Phi) is 3.99. The average Bonchev–Trinajstić information content (AvgIpc) is 2.23. The molecule has 1 atom stereocenters. The summed E-state index contributed by atoms with van der Waals surface area (Å²) in [7, 11) is 0. The van der Waals surface area contributed by atoms with E-state index in [1.807, 2.05) is 13.8 Å². The molecule has 2 nitrogen and oxygen atoms in total. The van der Waals surface area contributed by atoms with Gasteiger partial charge in [0, 0.05) is 22.3 Å². The number of halogens is 1. The molecule has 0 saturated heterocycles. The van der Waals surface area contributed by atoms with Gasteiger partial charge in [-0.25, -0.2) is 0 Å². The highest BCUT2D eigenvalue weighted by atomic mass is 35.5. The number of carbonyl (C=O) groups is 1. The summed E-state index contributed by atoms with van der Waals surface area (Å²) in [6, 6.07) is 0. The molecule has 1 unspecified atom stereocenters. The number of carbonyl (C=O) groups excluding carboxylic acids is 1. The molecule has 0 saturated carbocycles. The first kappa shape index (κ1) is 13.8. The number of rotatable bonds is 3.